The lowest BCUT2D eigenvalue weighted by Gasteiger charge is -2.09. The van der Waals surface area contributed by atoms with E-state index in [2.05, 4.69) is 24.5 Å². The Morgan fingerprint density at radius 3 is 2.44 bits per heavy atom. The van der Waals surface area contributed by atoms with Gasteiger partial charge in [0.25, 0.3) is 0 Å². The molecule has 1 aliphatic carbocycles. The highest BCUT2D eigenvalue weighted by Gasteiger charge is 2.54. The molecule has 1 aromatic rings. The third kappa shape index (κ3) is 1.65. The minimum Gasteiger partial charge on any atom is -0.316 e. The van der Waals surface area contributed by atoms with Gasteiger partial charge in [-0.2, -0.15) is 0 Å². The van der Waals surface area contributed by atoms with Gasteiger partial charge in [-0.1, -0.05) is 37.4 Å². The number of hydrogen-bond acceptors (Lipinski definition) is 2. The molecule has 1 heterocycles. The highest BCUT2D eigenvalue weighted by molar-refractivity contribution is 6.02. The quantitative estimate of drug-likeness (QED) is 0.777. The zero-order valence-corrected chi connectivity index (χ0v) is 10.4. The average Bonchev–Trinajstić information content (AvgIpc) is 2.89. The van der Waals surface area contributed by atoms with E-state index in [9.17, 15) is 0 Å². The molecule has 0 aromatic heterocycles. The van der Waals surface area contributed by atoms with Crippen LogP contribution in [-0.4, -0.2) is 18.8 Å². The van der Waals surface area contributed by atoms with Crippen molar-refractivity contribution in [2.24, 2.45) is 17.8 Å². The van der Waals surface area contributed by atoms with Crippen LogP contribution in [0.3, 0.4) is 0 Å². The van der Waals surface area contributed by atoms with Crippen LogP contribution < -0.4 is 5.32 Å². The Morgan fingerprint density at radius 1 is 1.17 bits per heavy atom. The third-order valence-electron chi connectivity index (χ3n) is 4.26. The van der Waals surface area contributed by atoms with Gasteiger partial charge < -0.3 is 10.7 Å². The largest absolute Gasteiger partial charge is 0.316 e. The van der Waals surface area contributed by atoms with Crippen molar-refractivity contribution in [3.8, 4) is 0 Å². The average molecular weight is 238 g/mol. The smallest absolute Gasteiger partial charge is 0.0424 e. The van der Waals surface area contributed by atoms with Gasteiger partial charge in [-0.3, -0.25) is 0 Å². The van der Waals surface area contributed by atoms with Gasteiger partial charge in [0.15, 0.2) is 0 Å². The molecule has 2 fully saturated rings. The molecule has 1 aliphatic heterocycles. The Kier molecular flexibility index (Phi) is 2.67. The first-order valence-corrected chi connectivity index (χ1v) is 6.44. The summed E-state index contributed by atoms with van der Waals surface area (Å²) >= 11 is 0. The highest BCUT2D eigenvalue weighted by Crippen LogP contribution is 2.50. The molecular weight excluding hydrogens is 220 g/mol. The topological polar surface area (TPSA) is 35.9 Å². The molecule has 1 aromatic carbocycles. The van der Waals surface area contributed by atoms with E-state index >= 15 is 0 Å². The van der Waals surface area contributed by atoms with Crippen LogP contribution in [0, 0.1) is 23.2 Å². The van der Waals surface area contributed by atoms with Crippen LogP contribution in [0.4, 0.5) is 0 Å². The molecule has 0 amide bonds. The van der Waals surface area contributed by atoms with Gasteiger partial charge in [0.05, 0.1) is 0 Å². The normalized spacial score (nSPS) is 28.6. The SMILES string of the molecule is C=Cc1ccc(C(=N)C2C3CNCC32)cc1C=C. The fourth-order valence-corrected chi connectivity index (χ4v) is 3.14. The van der Waals surface area contributed by atoms with Crippen molar-refractivity contribution in [3.05, 3.63) is 48.0 Å². The van der Waals surface area contributed by atoms with Gasteiger partial charge in [0.1, 0.15) is 0 Å². The molecule has 2 nitrogen and oxygen atoms in total. The predicted octanol–water partition coefficient (Wildman–Crippen LogP) is 2.81. The van der Waals surface area contributed by atoms with Gasteiger partial charge in [-0.05, 0) is 47.7 Å². The van der Waals surface area contributed by atoms with E-state index in [-0.39, 0.29) is 0 Å². The number of fused-ring (bicyclic) bond motifs is 1. The monoisotopic (exact) mass is 238 g/mol. The number of benzene rings is 1. The number of hydrogen-bond donors (Lipinski definition) is 2. The zero-order valence-electron chi connectivity index (χ0n) is 10.4. The van der Waals surface area contributed by atoms with Crippen molar-refractivity contribution in [1.82, 2.24) is 5.32 Å². The molecule has 0 spiro atoms. The van der Waals surface area contributed by atoms with Crippen LogP contribution in [0.1, 0.15) is 16.7 Å². The number of nitrogens with one attached hydrogen (secondary N) is 2. The highest BCUT2D eigenvalue weighted by atomic mass is 15.0. The van der Waals surface area contributed by atoms with Crippen molar-refractivity contribution >= 4 is 17.9 Å². The first kappa shape index (κ1) is 11.4. The van der Waals surface area contributed by atoms with Crippen LogP contribution in [0.15, 0.2) is 31.4 Å². The van der Waals surface area contributed by atoms with E-state index in [4.69, 9.17) is 5.41 Å². The fraction of sp³-hybridized carbons (Fsp3) is 0.312. The summed E-state index contributed by atoms with van der Waals surface area (Å²) < 4.78 is 0. The van der Waals surface area contributed by atoms with Gasteiger partial charge in [0.2, 0.25) is 0 Å². The van der Waals surface area contributed by atoms with Crippen molar-refractivity contribution < 1.29 is 0 Å². The molecular formula is C16H18N2. The fourth-order valence-electron chi connectivity index (χ4n) is 3.14. The molecule has 2 atom stereocenters. The molecule has 2 heteroatoms. The second kappa shape index (κ2) is 4.21. The number of piperidine rings is 1. The Labute approximate surface area is 108 Å². The molecule has 0 bridgehead atoms. The standard InChI is InChI=1S/C16H18N2/c1-3-10-5-6-12(7-11(10)4-2)16(17)15-13-8-18-9-14(13)15/h3-7,13-15,17-18H,1-2,8-9H2. The van der Waals surface area contributed by atoms with Crippen LogP contribution in [-0.2, 0) is 0 Å². The molecule has 2 aliphatic rings. The molecule has 0 radical (unpaired) electrons. The Morgan fingerprint density at radius 2 is 1.83 bits per heavy atom. The van der Waals surface area contributed by atoms with Crippen LogP contribution in [0.5, 0.6) is 0 Å². The maximum absolute atomic E-state index is 8.36. The summed E-state index contributed by atoms with van der Waals surface area (Å²) in [6.45, 7) is 9.79. The molecule has 1 saturated heterocycles. The van der Waals surface area contributed by atoms with E-state index < -0.39 is 0 Å². The second-order valence-electron chi connectivity index (χ2n) is 5.18. The number of rotatable bonds is 4. The predicted molar refractivity (Wildman–Crippen MR) is 76.8 cm³/mol. The summed E-state index contributed by atoms with van der Waals surface area (Å²) in [7, 11) is 0. The molecule has 18 heavy (non-hydrogen) atoms. The Bertz CT molecular complexity index is 520. The molecule has 3 rings (SSSR count). The second-order valence-corrected chi connectivity index (χ2v) is 5.18. The van der Waals surface area contributed by atoms with Crippen molar-refractivity contribution in [2.75, 3.05) is 13.1 Å². The lowest BCUT2D eigenvalue weighted by molar-refractivity contribution is 0.684. The van der Waals surface area contributed by atoms with Crippen LogP contribution >= 0.6 is 0 Å². The summed E-state index contributed by atoms with van der Waals surface area (Å²) in [5, 5.41) is 11.7. The maximum atomic E-state index is 8.36. The van der Waals surface area contributed by atoms with Crippen LogP contribution in [0.25, 0.3) is 12.2 Å². The Hall–Kier alpha value is -1.67. The summed E-state index contributed by atoms with van der Waals surface area (Å²) in [4.78, 5) is 0. The minimum absolute atomic E-state index is 0.471. The minimum atomic E-state index is 0.471. The summed E-state index contributed by atoms with van der Waals surface area (Å²) in [5.74, 6) is 1.87. The van der Waals surface area contributed by atoms with E-state index in [1.807, 2.05) is 24.3 Å². The first-order chi connectivity index (χ1) is 8.76. The van der Waals surface area contributed by atoms with Crippen LogP contribution in [0.2, 0.25) is 0 Å². The molecule has 2 N–H and O–H groups in total. The first-order valence-electron chi connectivity index (χ1n) is 6.44. The third-order valence-corrected chi connectivity index (χ3v) is 4.26. The van der Waals surface area contributed by atoms with Crippen molar-refractivity contribution in [2.45, 2.75) is 0 Å². The molecule has 1 saturated carbocycles. The Balaban J connectivity index is 1.86. The van der Waals surface area contributed by atoms with Gasteiger partial charge in [0, 0.05) is 11.6 Å². The van der Waals surface area contributed by atoms with Crippen molar-refractivity contribution in [3.63, 3.8) is 0 Å². The summed E-state index contributed by atoms with van der Waals surface area (Å²) in [6, 6.07) is 6.13. The van der Waals surface area contributed by atoms with Crippen molar-refractivity contribution in [1.29, 1.82) is 5.41 Å². The maximum Gasteiger partial charge on any atom is 0.0424 e. The lowest BCUT2D eigenvalue weighted by atomic mass is 9.98. The van der Waals surface area contributed by atoms with Gasteiger partial charge >= 0.3 is 0 Å². The zero-order chi connectivity index (χ0) is 12.7. The van der Waals surface area contributed by atoms with Gasteiger partial charge in [-0.25, -0.2) is 0 Å². The summed E-state index contributed by atoms with van der Waals surface area (Å²) in [6.07, 6.45) is 3.67. The van der Waals surface area contributed by atoms with E-state index in [1.165, 1.54) is 0 Å². The summed E-state index contributed by atoms with van der Waals surface area (Å²) in [5.41, 5.74) is 3.98. The van der Waals surface area contributed by atoms with E-state index in [1.54, 1.807) is 0 Å². The molecule has 2 unspecified atom stereocenters. The van der Waals surface area contributed by atoms with E-state index in [0.29, 0.717) is 17.8 Å². The lowest BCUT2D eigenvalue weighted by Crippen LogP contribution is -2.19. The van der Waals surface area contributed by atoms with Gasteiger partial charge in [-0.15, -0.1) is 0 Å². The van der Waals surface area contributed by atoms with E-state index in [0.717, 1.165) is 35.5 Å². The molecule has 92 valence electrons.